The summed E-state index contributed by atoms with van der Waals surface area (Å²) in [6, 6.07) is 3.94. The number of nitrogens with one attached hydrogen (secondary N) is 1. The predicted molar refractivity (Wildman–Crippen MR) is 73.0 cm³/mol. The predicted octanol–water partition coefficient (Wildman–Crippen LogP) is 1.23. The van der Waals surface area contributed by atoms with Crippen molar-refractivity contribution in [3.8, 4) is 0 Å². The summed E-state index contributed by atoms with van der Waals surface area (Å²) < 4.78 is 24.9. The summed E-state index contributed by atoms with van der Waals surface area (Å²) in [6.07, 6.45) is 1.58. The Labute approximate surface area is 112 Å². The zero-order valence-corrected chi connectivity index (χ0v) is 11.6. The lowest BCUT2D eigenvalue weighted by Crippen LogP contribution is -2.22. The van der Waals surface area contributed by atoms with E-state index in [2.05, 4.69) is 11.9 Å². The van der Waals surface area contributed by atoms with E-state index in [0.717, 1.165) is 10.4 Å². The number of anilines is 1. The molecule has 0 atom stereocenters. The minimum Gasteiger partial charge on any atom is -0.478 e. The molecule has 0 saturated heterocycles. The van der Waals surface area contributed by atoms with Crippen molar-refractivity contribution < 1.29 is 18.3 Å². The average Bonchev–Trinajstić information content (AvgIpc) is 2.35. The van der Waals surface area contributed by atoms with Crippen molar-refractivity contribution >= 4 is 21.7 Å². The Bertz CT molecular complexity index is 594. The maximum absolute atomic E-state index is 11.9. The molecule has 7 heteroatoms. The van der Waals surface area contributed by atoms with Crippen LogP contribution in [0.1, 0.15) is 10.4 Å². The van der Waals surface area contributed by atoms with Crippen LogP contribution in [0.2, 0.25) is 0 Å². The van der Waals surface area contributed by atoms with Gasteiger partial charge in [0.1, 0.15) is 0 Å². The van der Waals surface area contributed by atoms with Crippen molar-refractivity contribution in [2.24, 2.45) is 0 Å². The van der Waals surface area contributed by atoms with E-state index in [-0.39, 0.29) is 10.5 Å². The van der Waals surface area contributed by atoms with Crippen molar-refractivity contribution in [1.29, 1.82) is 0 Å². The first-order valence-electron chi connectivity index (χ1n) is 5.45. The smallest absolute Gasteiger partial charge is 0.337 e. The van der Waals surface area contributed by atoms with Gasteiger partial charge in [0, 0.05) is 26.3 Å². The third-order valence-electron chi connectivity index (χ3n) is 2.44. The van der Waals surface area contributed by atoms with Crippen molar-refractivity contribution in [3.05, 3.63) is 36.4 Å². The second-order valence-corrected chi connectivity index (χ2v) is 6.12. The molecule has 0 bridgehead atoms. The van der Waals surface area contributed by atoms with Gasteiger partial charge in [0.15, 0.2) is 0 Å². The summed E-state index contributed by atoms with van der Waals surface area (Å²) in [6.45, 7) is 3.91. The first-order chi connectivity index (χ1) is 8.80. The first kappa shape index (κ1) is 15.2. The second-order valence-electron chi connectivity index (χ2n) is 3.97. The van der Waals surface area contributed by atoms with Crippen LogP contribution in [0.5, 0.6) is 0 Å². The lowest BCUT2D eigenvalue weighted by atomic mass is 10.2. The molecule has 0 fully saturated rings. The van der Waals surface area contributed by atoms with Crippen LogP contribution >= 0.6 is 0 Å². The second kappa shape index (κ2) is 5.85. The van der Waals surface area contributed by atoms with E-state index in [4.69, 9.17) is 5.11 Å². The van der Waals surface area contributed by atoms with Crippen molar-refractivity contribution in [2.75, 3.05) is 26.0 Å². The fraction of sp³-hybridized carbons (Fsp3) is 0.250. The van der Waals surface area contributed by atoms with Crippen LogP contribution in [0.3, 0.4) is 0 Å². The summed E-state index contributed by atoms with van der Waals surface area (Å²) in [7, 11) is -0.871. The molecular formula is C12H16N2O4S. The zero-order chi connectivity index (χ0) is 14.6. The molecule has 0 radical (unpaired) electrons. The van der Waals surface area contributed by atoms with Crippen molar-refractivity contribution in [1.82, 2.24) is 4.31 Å². The van der Waals surface area contributed by atoms with E-state index in [1.54, 1.807) is 6.08 Å². The van der Waals surface area contributed by atoms with Gasteiger partial charge < -0.3 is 10.4 Å². The molecule has 0 aliphatic rings. The van der Waals surface area contributed by atoms with Gasteiger partial charge in [0.2, 0.25) is 10.0 Å². The number of carboxylic acid groups (broad SMARTS) is 1. The van der Waals surface area contributed by atoms with E-state index in [0.29, 0.717) is 12.2 Å². The van der Waals surface area contributed by atoms with Crippen molar-refractivity contribution in [3.63, 3.8) is 0 Å². The first-order valence-corrected chi connectivity index (χ1v) is 6.89. The van der Waals surface area contributed by atoms with E-state index in [1.165, 1.54) is 26.2 Å². The normalized spacial score (nSPS) is 11.3. The molecule has 0 amide bonds. The Morgan fingerprint density at radius 2 is 2.11 bits per heavy atom. The zero-order valence-electron chi connectivity index (χ0n) is 10.8. The average molecular weight is 284 g/mol. The van der Waals surface area contributed by atoms with Crippen LogP contribution in [0.4, 0.5) is 5.69 Å². The van der Waals surface area contributed by atoms with E-state index >= 15 is 0 Å². The highest BCUT2D eigenvalue weighted by Gasteiger charge is 2.20. The Morgan fingerprint density at radius 1 is 1.47 bits per heavy atom. The summed E-state index contributed by atoms with van der Waals surface area (Å²) in [5.74, 6) is -1.19. The molecular weight excluding hydrogens is 268 g/mol. The van der Waals surface area contributed by atoms with Crippen LogP contribution in [-0.2, 0) is 10.0 Å². The maximum atomic E-state index is 11.9. The number of aromatic carboxylic acids is 1. The van der Waals surface area contributed by atoms with Gasteiger partial charge >= 0.3 is 5.97 Å². The number of hydrogen-bond donors (Lipinski definition) is 2. The summed E-state index contributed by atoms with van der Waals surface area (Å²) >= 11 is 0. The van der Waals surface area contributed by atoms with Crippen molar-refractivity contribution in [2.45, 2.75) is 4.90 Å². The standard InChI is InChI=1S/C12H16N2O4S/c1-4-7-13-11-6-5-9(8-10(11)12(15)16)19(17,18)14(2)3/h4-6,8,13H,1,7H2,2-3H3,(H,15,16). The molecule has 0 aliphatic carbocycles. The van der Waals surface area contributed by atoms with Gasteiger partial charge in [-0.1, -0.05) is 6.08 Å². The minimum atomic E-state index is -3.65. The quantitative estimate of drug-likeness (QED) is 0.767. The Morgan fingerprint density at radius 3 is 2.58 bits per heavy atom. The molecule has 0 saturated carbocycles. The SMILES string of the molecule is C=CCNc1ccc(S(=O)(=O)N(C)C)cc1C(=O)O. The number of carboxylic acids is 1. The third-order valence-corrected chi connectivity index (χ3v) is 4.25. The molecule has 0 aromatic heterocycles. The Kier molecular flexibility index (Phi) is 4.68. The molecule has 1 aromatic carbocycles. The van der Waals surface area contributed by atoms with Gasteiger partial charge in [-0.25, -0.2) is 17.5 Å². The molecule has 6 nitrogen and oxygen atoms in total. The van der Waals surface area contributed by atoms with Gasteiger partial charge in [-0.3, -0.25) is 0 Å². The highest BCUT2D eigenvalue weighted by molar-refractivity contribution is 7.89. The highest BCUT2D eigenvalue weighted by atomic mass is 32.2. The molecule has 0 aliphatic heterocycles. The van der Waals surface area contributed by atoms with Crippen LogP contribution in [-0.4, -0.2) is 44.4 Å². The number of benzene rings is 1. The van der Waals surface area contributed by atoms with Gasteiger partial charge in [0.25, 0.3) is 0 Å². The fourth-order valence-corrected chi connectivity index (χ4v) is 2.34. The Hall–Kier alpha value is -1.86. The molecule has 2 N–H and O–H groups in total. The molecule has 0 spiro atoms. The lowest BCUT2D eigenvalue weighted by molar-refractivity contribution is 0.0697. The van der Waals surface area contributed by atoms with Crippen LogP contribution in [0, 0.1) is 0 Å². The monoisotopic (exact) mass is 284 g/mol. The Balaban J connectivity index is 3.31. The summed E-state index contributed by atoms with van der Waals surface area (Å²) in [5, 5.41) is 12.0. The molecule has 1 rings (SSSR count). The number of sulfonamides is 1. The maximum Gasteiger partial charge on any atom is 0.337 e. The lowest BCUT2D eigenvalue weighted by Gasteiger charge is -2.14. The van der Waals surface area contributed by atoms with Gasteiger partial charge in [-0.05, 0) is 18.2 Å². The van der Waals surface area contributed by atoms with E-state index in [1.807, 2.05) is 0 Å². The number of nitrogens with zero attached hydrogens (tertiary/aromatic N) is 1. The van der Waals surface area contributed by atoms with Crippen LogP contribution < -0.4 is 5.32 Å². The van der Waals surface area contributed by atoms with Crippen LogP contribution in [0.25, 0.3) is 0 Å². The van der Waals surface area contributed by atoms with E-state index in [9.17, 15) is 13.2 Å². The topological polar surface area (TPSA) is 86.7 Å². The van der Waals surface area contributed by atoms with E-state index < -0.39 is 16.0 Å². The largest absolute Gasteiger partial charge is 0.478 e. The molecule has 0 heterocycles. The molecule has 1 aromatic rings. The minimum absolute atomic E-state index is 0.0564. The number of hydrogen-bond acceptors (Lipinski definition) is 4. The highest BCUT2D eigenvalue weighted by Crippen LogP contribution is 2.22. The van der Waals surface area contributed by atoms with Crippen LogP contribution in [0.15, 0.2) is 35.7 Å². The molecule has 19 heavy (non-hydrogen) atoms. The summed E-state index contributed by atoms with van der Waals surface area (Å²) in [4.78, 5) is 11.1. The molecule has 0 unspecified atom stereocenters. The van der Waals surface area contributed by atoms with Gasteiger partial charge in [-0.15, -0.1) is 6.58 Å². The van der Waals surface area contributed by atoms with Gasteiger partial charge in [0.05, 0.1) is 10.5 Å². The third kappa shape index (κ3) is 3.33. The fourth-order valence-electron chi connectivity index (χ4n) is 1.41. The van der Waals surface area contributed by atoms with Gasteiger partial charge in [-0.2, -0.15) is 0 Å². The molecule has 104 valence electrons. The summed E-state index contributed by atoms with van der Waals surface area (Å²) in [5.41, 5.74) is 0.259. The number of rotatable bonds is 6. The number of carbonyl (C=O) groups is 1.